The van der Waals surface area contributed by atoms with Gasteiger partial charge < -0.3 is 14.7 Å². The van der Waals surface area contributed by atoms with Gasteiger partial charge in [-0.25, -0.2) is 4.79 Å². The molecular formula is C14H21NO4. The Morgan fingerprint density at radius 2 is 1.89 bits per heavy atom. The predicted octanol–water partition coefficient (Wildman–Crippen LogP) is 1.41. The molecule has 3 fully saturated rings. The second-order valence-electron chi connectivity index (χ2n) is 5.95. The molecule has 5 nitrogen and oxygen atoms in total. The number of amides is 1. The number of carboxylic acids is 1. The Morgan fingerprint density at radius 1 is 1.11 bits per heavy atom. The number of carboxylic acid groups (broad SMARTS) is 1. The summed E-state index contributed by atoms with van der Waals surface area (Å²) < 4.78 is 5.45. The zero-order chi connectivity index (χ0) is 13.4. The van der Waals surface area contributed by atoms with Gasteiger partial charge in [0.05, 0.1) is 0 Å². The van der Waals surface area contributed by atoms with Crippen molar-refractivity contribution >= 4 is 11.9 Å². The monoisotopic (exact) mass is 267 g/mol. The minimum Gasteiger partial charge on any atom is -0.480 e. The molecule has 2 aliphatic heterocycles. The number of carbonyl (C=O) groups is 2. The van der Waals surface area contributed by atoms with Crippen LogP contribution in [-0.4, -0.2) is 46.7 Å². The molecule has 4 atom stereocenters. The predicted molar refractivity (Wildman–Crippen MR) is 67.6 cm³/mol. The van der Waals surface area contributed by atoms with Crippen molar-refractivity contribution in [3.05, 3.63) is 0 Å². The van der Waals surface area contributed by atoms with E-state index in [1.807, 2.05) is 0 Å². The van der Waals surface area contributed by atoms with Crippen LogP contribution in [0.15, 0.2) is 0 Å². The lowest BCUT2D eigenvalue weighted by molar-refractivity contribution is -0.154. The fourth-order valence-corrected chi connectivity index (χ4v) is 3.94. The Kier molecular flexibility index (Phi) is 3.48. The number of aliphatic carboxylic acids is 1. The van der Waals surface area contributed by atoms with Gasteiger partial charge in [0.2, 0.25) is 0 Å². The summed E-state index contributed by atoms with van der Waals surface area (Å²) in [6, 6.07) is -0.503. The number of likely N-dealkylation sites (tertiary alicyclic amines) is 1. The molecule has 0 spiro atoms. The quantitative estimate of drug-likeness (QED) is 0.821. The van der Waals surface area contributed by atoms with E-state index < -0.39 is 18.1 Å². The molecule has 0 radical (unpaired) electrons. The summed E-state index contributed by atoms with van der Waals surface area (Å²) in [5.41, 5.74) is 0. The first-order valence-corrected chi connectivity index (χ1v) is 7.35. The van der Waals surface area contributed by atoms with Crippen LogP contribution < -0.4 is 0 Å². The molecule has 3 rings (SSSR count). The highest BCUT2D eigenvalue weighted by Gasteiger charge is 2.49. The smallest absolute Gasteiger partial charge is 0.326 e. The highest BCUT2D eigenvalue weighted by atomic mass is 16.5. The van der Waals surface area contributed by atoms with Crippen molar-refractivity contribution in [2.24, 2.45) is 5.92 Å². The van der Waals surface area contributed by atoms with Crippen molar-refractivity contribution < 1.29 is 19.4 Å². The minimum atomic E-state index is -0.860. The molecule has 0 aromatic heterocycles. The van der Waals surface area contributed by atoms with E-state index >= 15 is 0 Å². The van der Waals surface area contributed by atoms with E-state index in [4.69, 9.17) is 4.74 Å². The van der Waals surface area contributed by atoms with Gasteiger partial charge in [0.15, 0.2) is 0 Å². The van der Waals surface area contributed by atoms with Gasteiger partial charge in [0, 0.05) is 12.6 Å². The van der Waals surface area contributed by atoms with Gasteiger partial charge in [-0.1, -0.05) is 12.8 Å². The lowest BCUT2D eigenvalue weighted by Crippen LogP contribution is -2.50. The second-order valence-corrected chi connectivity index (χ2v) is 5.95. The molecule has 0 aromatic carbocycles. The van der Waals surface area contributed by atoms with Crippen molar-refractivity contribution in [3.63, 3.8) is 0 Å². The van der Waals surface area contributed by atoms with Crippen LogP contribution in [0.25, 0.3) is 0 Å². The topological polar surface area (TPSA) is 66.8 Å². The molecule has 5 heteroatoms. The first-order valence-electron chi connectivity index (χ1n) is 7.35. The number of hydrogen-bond donors (Lipinski definition) is 1. The van der Waals surface area contributed by atoms with E-state index in [1.165, 1.54) is 0 Å². The molecule has 2 saturated heterocycles. The van der Waals surface area contributed by atoms with Crippen LogP contribution in [0.3, 0.4) is 0 Å². The number of fused-ring (bicyclic) bond motifs is 1. The molecule has 0 aromatic rings. The Hall–Kier alpha value is -1.10. The number of nitrogens with zero attached hydrogens (tertiary/aromatic N) is 1. The summed E-state index contributed by atoms with van der Waals surface area (Å²) in [5.74, 6) is -0.569. The largest absolute Gasteiger partial charge is 0.480 e. The average Bonchev–Trinajstić information content (AvgIpc) is 3.05. The summed E-state index contributed by atoms with van der Waals surface area (Å²) >= 11 is 0. The maximum absolute atomic E-state index is 12.6. The van der Waals surface area contributed by atoms with E-state index in [0.29, 0.717) is 18.9 Å². The first-order chi connectivity index (χ1) is 9.18. The Morgan fingerprint density at radius 3 is 2.58 bits per heavy atom. The number of hydrogen-bond acceptors (Lipinski definition) is 3. The second kappa shape index (κ2) is 5.12. The van der Waals surface area contributed by atoms with Gasteiger partial charge in [0.1, 0.15) is 12.1 Å². The van der Waals surface area contributed by atoms with E-state index in [9.17, 15) is 14.7 Å². The van der Waals surface area contributed by atoms with Crippen LogP contribution in [0.2, 0.25) is 0 Å². The summed E-state index contributed by atoms with van der Waals surface area (Å²) in [7, 11) is 0. The summed E-state index contributed by atoms with van der Waals surface area (Å²) in [4.78, 5) is 25.6. The Bertz CT molecular complexity index is 378. The average molecular weight is 267 g/mol. The highest BCUT2D eigenvalue weighted by Crippen LogP contribution is 2.40. The molecule has 0 bridgehead atoms. The SMILES string of the molecule is O=C(O)[C@@H]1C[C@@H]2CCCC[C@H]2N1C(=O)[C@H]1CCCO1. The van der Waals surface area contributed by atoms with Crippen molar-refractivity contribution in [3.8, 4) is 0 Å². The number of rotatable bonds is 2. The van der Waals surface area contributed by atoms with Gasteiger partial charge >= 0.3 is 5.97 Å². The minimum absolute atomic E-state index is 0.0840. The lowest BCUT2D eigenvalue weighted by atomic mass is 9.84. The van der Waals surface area contributed by atoms with Crippen molar-refractivity contribution in [2.75, 3.05) is 6.61 Å². The zero-order valence-corrected chi connectivity index (χ0v) is 11.1. The third-order valence-corrected chi connectivity index (χ3v) is 4.83. The molecular weight excluding hydrogens is 246 g/mol. The summed E-state index contributed by atoms with van der Waals surface area (Å²) in [6.07, 6.45) is 6.13. The normalized spacial score (nSPS) is 38.2. The molecule has 106 valence electrons. The lowest BCUT2D eigenvalue weighted by Gasteiger charge is -2.34. The van der Waals surface area contributed by atoms with Crippen LogP contribution in [0.1, 0.15) is 44.9 Å². The molecule has 19 heavy (non-hydrogen) atoms. The van der Waals surface area contributed by atoms with Crippen molar-refractivity contribution in [1.82, 2.24) is 4.90 Å². The molecule has 1 N–H and O–H groups in total. The molecule has 1 saturated carbocycles. The van der Waals surface area contributed by atoms with Gasteiger partial charge in [-0.2, -0.15) is 0 Å². The standard InChI is InChI=1S/C14H21NO4/c16-13(12-6-3-7-19-12)15-10-5-2-1-4-9(10)8-11(15)14(17)18/h9-12H,1-8H2,(H,17,18)/t9-,10+,11-,12+/m0/s1. The fraction of sp³-hybridized carbons (Fsp3) is 0.857. The van der Waals surface area contributed by atoms with Gasteiger partial charge in [-0.3, -0.25) is 4.79 Å². The highest BCUT2D eigenvalue weighted by molar-refractivity contribution is 5.87. The van der Waals surface area contributed by atoms with Crippen LogP contribution in [0.4, 0.5) is 0 Å². The molecule has 0 unspecified atom stereocenters. The van der Waals surface area contributed by atoms with E-state index in [0.717, 1.165) is 38.5 Å². The van der Waals surface area contributed by atoms with Gasteiger partial charge in [-0.05, 0) is 38.0 Å². The van der Waals surface area contributed by atoms with Crippen LogP contribution in [0, 0.1) is 5.92 Å². The van der Waals surface area contributed by atoms with Gasteiger partial charge in [-0.15, -0.1) is 0 Å². The summed E-state index contributed by atoms with van der Waals surface area (Å²) in [6.45, 7) is 0.621. The van der Waals surface area contributed by atoms with E-state index in [1.54, 1.807) is 4.90 Å². The molecule has 1 amide bonds. The van der Waals surface area contributed by atoms with Crippen LogP contribution in [-0.2, 0) is 14.3 Å². The van der Waals surface area contributed by atoms with Crippen molar-refractivity contribution in [1.29, 1.82) is 0 Å². The number of ether oxygens (including phenoxy) is 1. The molecule has 2 heterocycles. The zero-order valence-electron chi connectivity index (χ0n) is 11.1. The molecule has 3 aliphatic rings. The van der Waals surface area contributed by atoms with E-state index in [2.05, 4.69) is 0 Å². The van der Waals surface area contributed by atoms with Crippen LogP contribution in [0.5, 0.6) is 0 Å². The Balaban J connectivity index is 1.81. The third kappa shape index (κ3) is 2.24. The maximum atomic E-state index is 12.6. The van der Waals surface area contributed by atoms with E-state index in [-0.39, 0.29) is 11.9 Å². The van der Waals surface area contributed by atoms with Crippen LogP contribution >= 0.6 is 0 Å². The summed E-state index contributed by atoms with van der Waals surface area (Å²) in [5, 5.41) is 9.39. The van der Waals surface area contributed by atoms with Gasteiger partial charge in [0.25, 0.3) is 5.91 Å². The Labute approximate surface area is 112 Å². The third-order valence-electron chi connectivity index (χ3n) is 4.83. The van der Waals surface area contributed by atoms with Crippen molar-refractivity contribution in [2.45, 2.75) is 63.1 Å². The first kappa shape index (κ1) is 12.9. The number of carbonyl (C=O) groups excluding carboxylic acids is 1. The fourth-order valence-electron chi connectivity index (χ4n) is 3.94. The maximum Gasteiger partial charge on any atom is 0.326 e. The molecule has 1 aliphatic carbocycles.